The molecule has 2 heterocycles. The highest BCUT2D eigenvalue weighted by atomic mass is 16.6. The Balaban J connectivity index is 1.63. The van der Waals surface area contributed by atoms with Crippen LogP contribution in [0.2, 0.25) is 0 Å². The minimum Gasteiger partial charge on any atom is -0.390 e. The van der Waals surface area contributed by atoms with E-state index in [1.54, 1.807) is 6.20 Å². The summed E-state index contributed by atoms with van der Waals surface area (Å²) in [6, 6.07) is 15.7. The summed E-state index contributed by atoms with van der Waals surface area (Å²) in [7, 11) is 0. The number of hydrogen-bond acceptors (Lipinski definition) is 4. The summed E-state index contributed by atoms with van der Waals surface area (Å²) in [5.41, 5.74) is 2.78. The van der Waals surface area contributed by atoms with Gasteiger partial charge in [0.25, 0.3) is 0 Å². The summed E-state index contributed by atoms with van der Waals surface area (Å²) < 4.78 is 0. The molecule has 0 bridgehead atoms. The van der Waals surface area contributed by atoms with Gasteiger partial charge >= 0.3 is 0 Å². The van der Waals surface area contributed by atoms with Crippen LogP contribution in [-0.4, -0.2) is 34.2 Å². The van der Waals surface area contributed by atoms with Gasteiger partial charge in [0, 0.05) is 25.6 Å². The topological polar surface area (TPSA) is 54.8 Å². The van der Waals surface area contributed by atoms with Crippen LogP contribution in [0, 0.1) is 0 Å². The van der Waals surface area contributed by atoms with Crippen LogP contribution in [-0.2, 0) is 16.2 Å². The number of aromatic nitrogens is 1. The monoisotopic (exact) mass is 323 g/mol. The molecule has 1 unspecified atom stereocenters. The molecular formula is C19H21N3O2. The van der Waals surface area contributed by atoms with Gasteiger partial charge in [-0.2, -0.15) is 0 Å². The van der Waals surface area contributed by atoms with Crippen molar-refractivity contribution >= 4 is 11.6 Å². The van der Waals surface area contributed by atoms with E-state index in [1.165, 1.54) is 0 Å². The van der Waals surface area contributed by atoms with E-state index in [4.69, 9.17) is 4.84 Å². The lowest BCUT2D eigenvalue weighted by molar-refractivity contribution is -0.133. The molecule has 124 valence electrons. The summed E-state index contributed by atoms with van der Waals surface area (Å²) in [5, 5.41) is 4.15. The van der Waals surface area contributed by atoms with Gasteiger partial charge in [-0.25, -0.2) is 0 Å². The van der Waals surface area contributed by atoms with Gasteiger partial charge < -0.3 is 9.74 Å². The molecule has 0 fully saturated rings. The predicted octanol–water partition coefficient (Wildman–Crippen LogP) is 3.01. The fourth-order valence-electron chi connectivity index (χ4n) is 2.74. The van der Waals surface area contributed by atoms with Gasteiger partial charge in [-0.15, -0.1) is 0 Å². The fourth-order valence-corrected chi connectivity index (χ4v) is 2.74. The third-order valence-corrected chi connectivity index (χ3v) is 3.99. The van der Waals surface area contributed by atoms with Crippen LogP contribution in [0.3, 0.4) is 0 Å². The maximum atomic E-state index is 12.3. The quantitative estimate of drug-likeness (QED) is 0.821. The first-order valence-corrected chi connectivity index (χ1v) is 8.22. The summed E-state index contributed by atoms with van der Waals surface area (Å²) in [4.78, 5) is 24.0. The van der Waals surface area contributed by atoms with Crippen LogP contribution in [0.25, 0.3) is 0 Å². The normalized spacial score (nSPS) is 16.4. The van der Waals surface area contributed by atoms with Crippen molar-refractivity contribution in [1.29, 1.82) is 0 Å². The van der Waals surface area contributed by atoms with Gasteiger partial charge in [-0.3, -0.25) is 9.78 Å². The largest absolute Gasteiger partial charge is 0.390 e. The number of pyridine rings is 1. The molecule has 5 heteroatoms. The molecule has 0 radical (unpaired) electrons. The highest BCUT2D eigenvalue weighted by Gasteiger charge is 2.26. The van der Waals surface area contributed by atoms with Crippen molar-refractivity contribution in [1.82, 2.24) is 9.88 Å². The smallest absolute Gasteiger partial charge is 0.222 e. The molecule has 1 atom stereocenters. The van der Waals surface area contributed by atoms with Crippen LogP contribution in [0.15, 0.2) is 59.9 Å². The van der Waals surface area contributed by atoms with Crippen molar-refractivity contribution in [2.75, 3.05) is 6.54 Å². The van der Waals surface area contributed by atoms with Crippen molar-refractivity contribution in [3.63, 3.8) is 0 Å². The number of rotatable bonds is 6. The second-order valence-corrected chi connectivity index (χ2v) is 5.80. The zero-order chi connectivity index (χ0) is 16.8. The Morgan fingerprint density at radius 1 is 1.21 bits per heavy atom. The van der Waals surface area contributed by atoms with Crippen molar-refractivity contribution in [3.05, 3.63) is 66.0 Å². The molecule has 0 spiro atoms. The van der Waals surface area contributed by atoms with E-state index in [1.807, 2.05) is 60.4 Å². The zero-order valence-corrected chi connectivity index (χ0v) is 13.8. The molecule has 0 N–H and O–H groups in total. The first kappa shape index (κ1) is 16.2. The van der Waals surface area contributed by atoms with Gasteiger partial charge in [0.05, 0.1) is 12.2 Å². The SMILES string of the molecule is CCC(=O)N(Cc1ccccc1)CC1CC(c2ccccn2)=NO1. The molecule has 0 saturated heterocycles. The Labute approximate surface area is 142 Å². The number of hydrogen-bond donors (Lipinski definition) is 0. The first-order chi connectivity index (χ1) is 11.8. The van der Waals surface area contributed by atoms with E-state index < -0.39 is 0 Å². The van der Waals surface area contributed by atoms with Gasteiger partial charge in [0.15, 0.2) is 6.10 Å². The fraction of sp³-hybridized carbons (Fsp3) is 0.316. The van der Waals surface area contributed by atoms with Gasteiger partial charge in [-0.05, 0) is 17.7 Å². The lowest BCUT2D eigenvalue weighted by atomic mass is 10.1. The Morgan fingerprint density at radius 3 is 2.71 bits per heavy atom. The molecule has 2 aromatic rings. The Kier molecular flexibility index (Phi) is 5.21. The number of oxime groups is 1. The molecule has 1 aliphatic heterocycles. The Morgan fingerprint density at radius 2 is 2.00 bits per heavy atom. The minimum atomic E-state index is -0.124. The number of carbonyl (C=O) groups is 1. The summed E-state index contributed by atoms with van der Waals surface area (Å²) in [6.07, 6.45) is 2.77. The first-order valence-electron chi connectivity index (χ1n) is 8.22. The minimum absolute atomic E-state index is 0.119. The van der Waals surface area contributed by atoms with Crippen molar-refractivity contribution in [2.45, 2.75) is 32.4 Å². The molecular weight excluding hydrogens is 302 g/mol. The molecule has 5 nitrogen and oxygen atoms in total. The molecule has 24 heavy (non-hydrogen) atoms. The van der Waals surface area contributed by atoms with Crippen molar-refractivity contribution < 1.29 is 9.63 Å². The number of carbonyl (C=O) groups excluding carboxylic acids is 1. The summed E-state index contributed by atoms with van der Waals surface area (Å²) >= 11 is 0. The van der Waals surface area contributed by atoms with E-state index in [9.17, 15) is 4.79 Å². The summed E-state index contributed by atoms with van der Waals surface area (Å²) in [6.45, 7) is 3.00. The second-order valence-electron chi connectivity index (χ2n) is 5.80. The highest BCUT2D eigenvalue weighted by Crippen LogP contribution is 2.18. The third kappa shape index (κ3) is 3.98. The molecule has 1 aromatic carbocycles. The average molecular weight is 323 g/mol. The lowest BCUT2D eigenvalue weighted by Gasteiger charge is -2.24. The Hall–Kier alpha value is -2.69. The highest BCUT2D eigenvalue weighted by molar-refractivity contribution is 5.99. The van der Waals surface area contributed by atoms with Crippen LogP contribution in [0.5, 0.6) is 0 Å². The van der Waals surface area contributed by atoms with Gasteiger partial charge in [-0.1, -0.05) is 48.5 Å². The molecule has 3 rings (SSSR count). The lowest BCUT2D eigenvalue weighted by Crippen LogP contribution is -2.36. The van der Waals surface area contributed by atoms with E-state index in [-0.39, 0.29) is 12.0 Å². The Bertz CT molecular complexity index is 701. The van der Waals surface area contributed by atoms with Crippen LogP contribution < -0.4 is 0 Å². The predicted molar refractivity (Wildman–Crippen MR) is 92.4 cm³/mol. The maximum absolute atomic E-state index is 12.3. The molecule has 0 aliphatic carbocycles. The van der Waals surface area contributed by atoms with E-state index in [0.717, 1.165) is 17.0 Å². The molecule has 1 aromatic heterocycles. The number of amides is 1. The van der Waals surface area contributed by atoms with Gasteiger partial charge in [0.1, 0.15) is 5.71 Å². The van der Waals surface area contributed by atoms with Crippen molar-refractivity contribution in [3.8, 4) is 0 Å². The van der Waals surface area contributed by atoms with E-state index >= 15 is 0 Å². The van der Waals surface area contributed by atoms with Crippen LogP contribution in [0.1, 0.15) is 31.0 Å². The summed E-state index contributed by atoms with van der Waals surface area (Å²) in [5.74, 6) is 0.119. The third-order valence-electron chi connectivity index (χ3n) is 3.99. The van der Waals surface area contributed by atoms with E-state index in [2.05, 4.69) is 10.1 Å². The molecule has 1 amide bonds. The van der Waals surface area contributed by atoms with Crippen molar-refractivity contribution in [2.24, 2.45) is 5.16 Å². The van der Waals surface area contributed by atoms with Crippen LogP contribution in [0.4, 0.5) is 0 Å². The number of nitrogens with zero attached hydrogens (tertiary/aromatic N) is 3. The average Bonchev–Trinajstić information content (AvgIpc) is 3.11. The standard InChI is InChI=1S/C19H21N3O2/c1-2-19(23)22(13-15-8-4-3-5-9-15)14-16-12-18(21-24-16)17-10-6-7-11-20-17/h3-11,16H,2,12-14H2,1H3. The zero-order valence-electron chi connectivity index (χ0n) is 13.8. The van der Waals surface area contributed by atoms with E-state index in [0.29, 0.717) is 25.9 Å². The molecule has 1 aliphatic rings. The second kappa shape index (κ2) is 7.73. The van der Waals surface area contributed by atoms with Crippen LogP contribution >= 0.6 is 0 Å². The number of benzene rings is 1. The maximum Gasteiger partial charge on any atom is 0.222 e. The van der Waals surface area contributed by atoms with Gasteiger partial charge in [0.2, 0.25) is 5.91 Å². The molecule has 0 saturated carbocycles.